The molecule has 0 spiro atoms. The second-order valence-corrected chi connectivity index (χ2v) is 2.88. The Balaban J connectivity index is 1.78. The molecule has 2 aliphatic rings. The molecule has 2 rings (SSSR count). The van der Waals surface area contributed by atoms with Gasteiger partial charge in [-0.1, -0.05) is 0 Å². The first kappa shape index (κ1) is 6.58. The number of rotatable bonds is 1. The number of nitrogens with one attached hydrogen (secondary N) is 1. The quantitative estimate of drug-likeness (QED) is 0.527. The Labute approximate surface area is 61.1 Å². The van der Waals surface area contributed by atoms with E-state index in [0.29, 0.717) is 12.1 Å². The van der Waals surface area contributed by atoms with Crippen molar-refractivity contribution in [2.24, 2.45) is 0 Å². The van der Waals surface area contributed by atoms with Crippen molar-refractivity contribution in [3.05, 3.63) is 0 Å². The summed E-state index contributed by atoms with van der Waals surface area (Å²) in [5.74, 6) is 0. The van der Waals surface area contributed by atoms with Gasteiger partial charge in [0.05, 0.1) is 12.1 Å². The molecule has 3 nitrogen and oxygen atoms in total. The third-order valence-electron chi connectivity index (χ3n) is 2.17. The monoisotopic (exact) mass is 141 g/mol. The summed E-state index contributed by atoms with van der Waals surface area (Å²) in [6.45, 7) is 3.97. The molecule has 3 heteroatoms. The molecular weight excluding hydrogens is 128 g/mol. The maximum absolute atomic E-state index is 5.34. The van der Waals surface area contributed by atoms with Crippen LogP contribution in [0, 0.1) is 0 Å². The van der Waals surface area contributed by atoms with Crippen LogP contribution in [-0.2, 0) is 4.74 Å². The lowest BCUT2D eigenvalue weighted by Gasteiger charge is -2.35. The third-order valence-corrected chi connectivity index (χ3v) is 2.17. The van der Waals surface area contributed by atoms with Crippen LogP contribution in [0.25, 0.3) is 0 Å². The highest BCUT2D eigenvalue weighted by Crippen LogP contribution is 2.15. The van der Waals surface area contributed by atoms with Crippen molar-refractivity contribution in [3.8, 4) is 0 Å². The predicted octanol–water partition coefficient (Wildman–Crippen LogP) is -0.648. The fraction of sp³-hybridized carbons (Fsp3) is 1.00. The van der Waals surface area contributed by atoms with E-state index < -0.39 is 0 Å². The van der Waals surface area contributed by atoms with Gasteiger partial charge in [0.15, 0.2) is 0 Å². The summed E-state index contributed by atoms with van der Waals surface area (Å²) in [6.07, 6.45) is 1.64. The number of nitrogens with zero attached hydrogens (tertiary/aromatic N) is 1. The van der Waals surface area contributed by atoms with Crippen molar-refractivity contribution >= 4 is 0 Å². The molecule has 2 heterocycles. The highest BCUT2D eigenvalue weighted by Gasteiger charge is 2.29. The van der Waals surface area contributed by atoms with Crippen LogP contribution in [-0.4, -0.2) is 38.4 Å². The molecule has 10 heavy (non-hydrogen) atoms. The zero-order chi connectivity index (χ0) is 6.81. The van der Waals surface area contributed by atoms with Crippen LogP contribution >= 0.6 is 0 Å². The summed E-state index contributed by atoms with van der Waals surface area (Å²) in [4.78, 5) is 0. The van der Waals surface area contributed by atoms with Gasteiger partial charge in [0.2, 0.25) is 0 Å². The first-order chi connectivity index (χ1) is 4.97. The maximum Gasteiger partial charge on any atom is 0.0778 e. The Kier molecular flexibility index (Phi) is 1.88. The number of ether oxygens (including phenoxy) is 1. The van der Waals surface area contributed by atoms with Crippen LogP contribution in [0.5, 0.6) is 0 Å². The standard InChI is InChI=1S/C7H13N2O/c1-4-10-7(1)6-5-8-2-3-9-6/h6-8H,1-5H2. The first-order valence-electron chi connectivity index (χ1n) is 3.96. The summed E-state index contributed by atoms with van der Waals surface area (Å²) in [7, 11) is 0. The summed E-state index contributed by atoms with van der Waals surface area (Å²) in [6, 6.07) is 0.447. The summed E-state index contributed by atoms with van der Waals surface area (Å²) >= 11 is 0. The average molecular weight is 141 g/mol. The summed E-state index contributed by atoms with van der Waals surface area (Å²) in [5.41, 5.74) is 0. The number of piperazine rings is 1. The molecule has 2 unspecified atom stereocenters. The molecule has 0 saturated carbocycles. The Bertz CT molecular complexity index is 108. The highest BCUT2D eigenvalue weighted by molar-refractivity contribution is 4.86. The lowest BCUT2D eigenvalue weighted by Crippen LogP contribution is -2.54. The van der Waals surface area contributed by atoms with E-state index in [4.69, 9.17) is 4.74 Å². The van der Waals surface area contributed by atoms with Crippen LogP contribution in [0.2, 0.25) is 0 Å². The van der Waals surface area contributed by atoms with Crippen LogP contribution in [0.3, 0.4) is 0 Å². The Morgan fingerprint density at radius 1 is 1.50 bits per heavy atom. The normalized spacial score (nSPS) is 40.8. The average Bonchev–Trinajstić information content (AvgIpc) is 1.86. The van der Waals surface area contributed by atoms with Crippen molar-refractivity contribution in [1.29, 1.82) is 0 Å². The second kappa shape index (κ2) is 2.86. The Hall–Kier alpha value is -0.120. The van der Waals surface area contributed by atoms with Crippen LogP contribution < -0.4 is 10.6 Å². The fourth-order valence-electron chi connectivity index (χ4n) is 1.43. The molecule has 0 aromatic rings. The van der Waals surface area contributed by atoms with E-state index in [1.54, 1.807) is 0 Å². The zero-order valence-corrected chi connectivity index (χ0v) is 6.05. The van der Waals surface area contributed by atoms with Crippen molar-refractivity contribution in [3.63, 3.8) is 0 Å². The highest BCUT2D eigenvalue weighted by atomic mass is 16.5. The van der Waals surface area contributed by atoms with Gasteiger partial charge in [0.1, 0.15) is 0 Å². The summed E-state index contributed by atoms with van der Waals surface area (Å²) in [5, 5.41) is 7.77. The number of hydrogen-bond acceptors (Lipinski definition) is 2. The van der Waals surface area contributed by atoms with E-state index in [0.717, 1.165) is 26.2 Å². The molecule has 1 N–H and O–H groups in total. The smallest absolute Gasteiger partial charge is 0.0778 e. The molecule has 0 aromatic heterocycles. The van der Waals surface area contributed by atoms with E-state index in [1.165, 1.54) is 6.42 Å². The van der Waals surface area contributed by atoms with Crippen molar-refractivity contribution < 1.29 is 4.74 Å². The molecule has 0 aliphatic carbocycles. The summed E-state index contributed by atoms with van der Waals surface area (Å²) < 4.78 is 5.34. The van der Waals surface area contributed by atoms with Gasteiger partial charge in [-0.05, 0) is 6.42 Å². The van der Waals surface area contributed by atoms with Crippen molar-refractivity contribution in [2.75, 3.05) is 26.2 Å². The lowest BCUT2D eigenvalue weighted by atomic mass is 10.0. The number of hydrogen-bond donors (Lipinski definition) is 1. The van der Waals surface area contributed by atoms with E-state index in [-0.39, 0.29) is 0 Å². The second-order valence-electron chi connectivity index (χ2n) is 2.88. The van der Waals surface area contributed by atoms with Gasteiger partial charge in [-0.2, -0.15) is 0 Å². The predicted molar refractivity (Wildman–Crippen MR) is 38.0 cm³/mol. The molecule has 2 saturated heterocycles. The molecule has 0 amide bonds. The van der Waals surface area contributed by atoms with E-state index in [9.17, 15) is 0 Å². The maximum atomic E-state index is 5.34. The van der Waals surface area contributed by atoms with Gasteiger partial charge in [-0.15, -0.1) is 0 Å². The third kappa shape index (κ3) is 1.17. The minimum Gasteiger partial charge on any atom is -0.376 e. The van der Waals surface area contributed by atoms with Gasteiger partial charge in [0.25, 0.3) is 0 Å². The van der Waals surface area contributed by atoms with E-state index >= 15 is 0 Å². The van der Waals surface area contributed by atoms with E-state index in [2.05, 4.69) is 10.6 Å². The van der Waals surface area contributed by atoms with E-state index in [1.807, 2.05) is 0 Å². The van der Waals surface area contributed by atoms with Gasteiger partial charge in [-0.25, -0.2) is 5.32 Å². The van der Waals surface area contributed by atoms with Gasteiger partial charge >= 0.3 is 0 Å². The largest absolute Gasteiger partial charge is 0.376 e. The molecule has 2 fully saturated rings. The van der Waals surface area contributed by atoms with Crippen molar-refractivity contribution in [1.82, 2.24) is 10.6 Å². The minimum absolute atomic E-state index is 0.438. The lowest BCUT2D eigenvalue weighted by molar-refractivity contribution is -0.0736. The molecule has 0 aromatic carbocycles. The minimum atomic E-state index is 0.438. The first-order valence-corrected chi connectivity index (χ1v) is 3.96. The molecule has 1 radical (unpaired) electrons. The van der Waals surface area contributed by atoms with Crippen molar-refractivity contribution in [2.45, 2.75) is 18.6 Å². The van der Waals surface area contributed by atoms with Gasteiger partial charge in [-0.3, -0.25) is 0 Å². The Morgan fingerprint density at radius 2 is 2.40 bits per heavy atom. The Morgan fingerprint density at radius 3 is 2.90 bits per heavy atom. The van der Waals surface area contributed by atoms with Crippen LogP contribution in [0.1, 0.15) is 6.42 Å². The topological polar surface area (TPSA) is 35.4 Å². The van der Waals surface area contributed by atoms with Crippen LogP contribution in [0.15, 0.2) is 0 Å². The van der Waals surface area contributed by atoms with Crippen LogP contribution in [0.4, 0.5) is 0 Å². The molecule has 2 atom stereocenters. The SMILES string of the molecule is C1CNCC(C2CCO2)[N]1. The van der Waals surface area contributed by atoms with Gasteiger partial charge < -0.3 is 10.1 Å². The van der Waals surface area contributed by atoms with Gasteiger partial charge in [0, 0.05) is 26.2 Å². The molecule has 2 aliphatic heterocycles. The zero-order valence-electron chi connectivity index (χ0n) is 6.05. The molecular formula is C7H13N2O. The molecule has 57 valence electrons. The molecule has 0 bridgehead atoms. The fourth-order valence-corrected chi connectivity index (χ4v) is 1.43.